The summed E-state index contributed by atoms with van der Waals surface area (Å²) in [6.45, 7) is -0.884. The highest BCUT2D eigenvalue weighted by Gasteiger charge is 2.11. The van der Waals surface area contributed by atoms with E-state index in [1.54, 1.807) is 24.3 Å². The number of aromatic nitrogens is 1. The van der Waals surface area contributed by atoms with Crippen LogP contribution < -0.4 is 10.1 Å². The molecule has 0 atom stereocenters. The molecule has 0 aliphatic heterocycles. The van der Waals surface area contributed by atoms with Gasteiger partial charge in [-0.05, 0) is 12.1 Å². The largest absolute Gasteiger partial charge is 0.481 e. The van der Waals surface area contributed by atoms with Crippen LogP contribution in [0.1, 0.15) is 5.56 Å². The molecular weight excluding hydrogens is 290 g/mol. The summed E-state index contributed by atoms with van der Waals surface area (Å²) >= 11 is 0. The van der Waals surface area contributed by atoms with Crippen LogP contribution in [0.5, 0.6) is 5.75 Å². The molecule has 8 heteroatoms. The quantitative estimate of drug-likeness (QED) is 0.794. The minimum atomic E-state index is -0.733. The minimum absolute atomic E-state index is 0.222. The van der Waals surface area contributed by atoms with Gasteiger partial charge in [-0.2, -0.15) is 5.26 Å². The summed E-state index contributed by atoms with van der Waals surface area (Å²) in [5.41, 5.74) is 0.305. The van der Waals surface area contributed by atoms with Crippen molar-refractivity contribution in [3.8, 4) is 11.8 Å². The summed E-state index contributed by atoms with van der Waals surface area (Å²) in [7, 11) is 0. The van der Waals surface area contributed by atoms with Crippen LogP contribution in [-0.4, -0.2) is 30.2 Å². The number of hydrogen-bond acceptors (Lipinski definition) is 7. The van der Waals surface area contributed by atoms with E-state index >= 15 is 0 Å². The normalized spacial score (nSPS) is 9.59. The molecule has 8 nitrogen and oxygen atoms in total. The molecule has 112 valence electrons. The third-order valence-corrected chi connectivity index (χ3v) is 2.42. The van der Waals surface area contributed by atoms with E-state index < -0.39 is 25.1 Å². The zero-order valence-electron chi connectivity index (χ0n) is 11.3. The van der Waals surface area contributed by atoms with Gasteiger partial charge in [0.05, 0.1) is 5.56 Å². The molecule has 0 radical (unpaired) electrons. The van der Waals surface area contributed by atoms with Crippen molar-refractivity contribution >= 4 is 17.7 Å². The number of carbonyl (C=O) groups is 2. The molecule has 2 aromatic rings. The van der Waals surface area contributed by atoms with Crippen molar-refractivity contribution in [2.24, 2.45) is 0 Å². The predicted molar refractivity (Wildman–Crippen MR) is 72.7 cm³/mol. The van der Waals surface area contributed by atoms with E-state index in [-0.39, 0.29) is 11.6 Å². The Kier molecular flexibility index (Phi) is 5.09. The Bertz CT molecular complexity index is 691. The van der Waals surface area contributed by atoms with E-state index in [1.807, 2.05) is 6.07 Å². The van der Waals surface area contributed by atoms with Gasteiger partial charge in [-0.15, -0.1) is 0 Å². The topological polar surface area (TPSA) is 114 Å². The van der Waals surface area contributed by atoms with Crippen molar-refractivity contribution in [3.05, 3.63) is 42.2 Å². The molecule has 2 rings (SSSR count). The van der Waals surface area contributed by atoms with Gasteiger partial charge < -0.3 is 19.3 Å². The van der Waals surface area contributed by atoms with Crippen LogP contribution in [0.4, 0.5) is 5.82 Å². The average Bonchev–Trinajstić information content (AvgIpc) is 3.04. The molecule has 1 amide bonds. The van der Waals surface area contributed by atoms with E-state index in [1.165, 1.54) is 12.3 Å². The van der Waals surface area contributed by atoms with Crippen LogP contribution in [0.2, 0.25) is 0 Å². The molecule has 0 spiro atoms. The Morgan fingerprint density at radius 2 is 2.09 bits per heavy atom. The monoisotopic (exact) mass is 301 g/mol. The highest BCUT2D eigenvalue weighted by Crippen LogP contribution is 2.16. The van der Waals surface area contributed by atoms with Crippen molar-refractivity contribution in [3.63, 3.8) is 0 Å². The molecule has 1 aromatic heterocycles. The number of rotatable bonds is 6. The van der Waals surface area contributed by atoms with E-state index in [9.17, 15) is 9.59 Å². The first kappa shape index (κ1) is 15.1. The van der Waals surface area contributed by atoms with Crippen molar-refractivity contribution in [2.75, 3.05) is 18.5 Å². The number of nitrogens with zero attached hydrogens (tertiary/aromatic N) is 2. The van der Waals surface area contributed by atoms with E-state index in [2.05, 4.69) is 15.0 Å². The highest BCUT2D eigenvalue weighted by atomic mass is 16.6. The van der Waals surface area contributed by atoms with Crippen LogP contribution in [0.3, 0.4) is 0 Å². The van der Waals surface area contributed by atoms with Gasteiger partial charge in [0.25, 0.3) is 5.91 Å². The summed E-state index contributed by atoms with van der Waals surface area (Å²) in [4.78, 5) is 22.9. The number of nitriles is 1. The maximum Gasteiger partial charge on any atom is 0.344 e. The second-order valence-corrected chi connectivity index (χ2v) is 3.99. The Morgan fingerprint density at radius 1 is 1.27 bits per heavy atom. The summed E-state index contributed by atoms with van der Waals surface area (Å²) in [6, 6.07) is 9.86. The molecule has 0 bridgehead atoms. The molecule has 0 fully saturated rings. The van der Waals surface area contributed by atoms with Crippen molar-refractivity contribution in [1.29, 1.82) is 5.26 Å². The SMILES string of the molecule is N#Cc1ccccc1OCC(=O)OCC(=O)Nc1ccon1. The maximum atomic E-state index is 11.5. The Morgan fingerprint density at radius 3 is 2.82 bits per heavy atom. The number of esters is 1. The van der Waals surface area contributed by atoms with Gasteiger partial charge in [-0.1, -0.05) is 17.3 Å². The Labute approximate surface area is 125 Å². The number of para-hydroxylation sites is 1. The molecule has 1 aromatic carbocycles. The molecule has 0 unspecified atom stereocenters. The third-order valence-electron chi connectivity index (χ3n) is 2.42. The maximum absolute atomic E-state index is 11.5. The average molecular weight is 301 g/mol. The zero-order chi connectivity index (χ0) is 15.8. The lowest BCUT2D eigenvalue weighted by molar-refractivity contribution is -0.149. The molecule has 1 heterocycles. The number of carbonyl (C=O) groups excluding carboxylic acids is 2. The first-order valence-electron chi connectivity index (χ1n) is 6.17. The Hall–Kier alpha value is -3.34. The van der Waals surface area contributed by atoms with Gasteiger partial charge in [0.15, 0.2) is 19.0 Å². The molecule has 1 N–H and O–H groups in total. The number of benzene rings is 1. The number of nitrogens with one attached hydrogen (secondary N) is 1. The summed E-state index contributed by atoms with van der Waals surface area (Å²) in [6.07, 6.45) is 1.29. The van der Waals surface area contributed by atoms with Crippen molar-refractivity contribution in [2.45, 2.75) is 0 Å². The van der Waals surface area contributed by atoms with Gasteiger partial charge in [0.1, 0.15) is 18.1 Å². The fourth-order valence-electron chi connectivity index (χ4n) is 1.47. The predicted octanol–water partition coefficient (Wildman–Crippen LogP) is 1.11. The number of anilines is 1. The second-order valence-electron chi connectivity index (χ2n) is 3.99. The van der Waals surface area contributed by atoms with Gasteiger partial charge in [-0.3, -0.25) is 4.79 Å². The van der Waals surface area contributed by atoms with Crippen LogP contribution in [0.15, 0.2) is 41.1 Å². The lowest BCUT2D eigenvalue weighted by atomic mass is 10.2. The van der Waals surface area contributed by atoms with E-state index in [0.717, 1.165) is 0 Å². The second kappa shape index (κ2) is 7.44. The first-order chi connectivity index (χ1) is 10.7. The smallest absolute Gasteiger partial charge is 0.344 e. The first-order valence-corrected chi connectivity index (χ1v) is 6.17. The van der Waals surface area contributed by atoms with Gasteiger partial charge in [-0.25, -0.2) is 4.79 Å². The van der Waals surface area contributed by atoms with Crippen LogP contribution in [0, 0.1) is 11.3 Å². The summed E-state index contributed by atoms with van der Waals surface area (Å²) in [5, 5.41) is 14.7. The number of hydrogen-bond donors (Lipinski definition) is 1. The number of ether oxygens (including phenoxy) is 2. The van der Waals surface area contributed by atoms with Gasteiger partial charge >= 0.3 is 5.97 Å². The van der Waals surface area contributed by atoms with E-state index in [0.29, 0.717) is 5.56 Å². The molecule has 0 saturated heterocycles. The van der Waals surface area contributed by atoms with Gasteiger partial charge in [0, 0.05) is 6.07 Å². The van der Waals surface area contributed by atoms with Crippen molar-refractivity contribution in [1.82, 2.24) is 5.16 Å². The van der Waals surface area contributed by atoms with Crippen LogP contribution in [-0.2, 0) is 14.3 Å². The zero-order valence-corrected chi connectivity index (χ0v) is 11.3. The highest BCUT2D eigenvalue weighted by molar-refractivity contribution is 5.91. The van der Waals surface area contributed by atoms with Crippen LogP contribution >= 0.6 is 0 Å². The number of amides is 1. The fraction of sp³-hybridized carbons (Fsp3) is 0.143. The van der Waals surface area contributed by atoms with Crippen molar-refractivity contribution < 1.29 is 23.6 Å². The lowest BCUT2D eigenvalue weighted by Gasteiger charge is -2.07. The van der Waals surface area contributed by atoms with E-state index in [4.69, 9.17) is 14.7 Å². The lowest BCUT2D eigenvalue weighted by Crippen LogP contribution is -2.23. The minimum Gasteiger partial charge on any atom is -0.481 e. The molecule has 0 saturated carbocycles. The Balaban J connectivity index is 1.74. The molecule has 0 aliphatic rings. The summed E-state index contributed by atoms with van der Waals surface area (Å²) < 4.78 is 14.4. The van der Waals surface area contributed by atoms with Gasteiger partial charge in [0.2, 0.25) is 0 Å². The standard InChI is InChI=1S/C14H11N3O5/c15-7-10-3-1-2-4-11(10)20-9-14(19)21-8-13(18)16-12-5-6-22-17-12/h1-6H,8-9H2,(H,16,17,18). The molecule has 0 aliphatic carbocycles. The fourth-order valence-corrected chi connectivity index (χ4v) is 1.47. The van der Waals surface area contributed by atoms with Crippen LogP contribution in [0.25, 0.3) is 0 Å². The third kappa shape index (κ3) is 4.35. The molecular formula is C14H11N3O5. The molecule has 22 heavy (non-hydrogen) atoms. The summed E-state index contributed by atoms with van der Waals surface area (Å²) in [5.74, 6) is -0.794.